The number of rotatable bonds is 9. The molecule has 0 aliphatic carbocycles. The van der Waals surface area contributed by atoms with Gasteiger partial charge in [0.05, 0.1) is 11.9 Å². The number of hydrogen-bond acceptors (Lipinski definition) is 2. The largest absolute Gasteiger partial charge is 0.249 e. The van der Waals surface area contributed by atoms with Crippen molar-refractivity contribution in [3.63, 3.8) is 0 Å². The van der Waals surface area contributed by atoms with Gasteiger partial charge in [0.25, 0.3) is 0 Å². The quantitative estimate of drug-likeness (QED) is 0.599. The average molecular weight is 223 g/mol. The van der Waals surface area contributed by atoms with E-state index < -0.39 is 0 Å². The van der Waals surface area contributed by atoms with Gasteiger partial charge in [-0.15, -0.1) is 5.10 Å². The molecule has 0 saturated carbocycles. The van der Waals surface area contributed by atoms with Crippen molar-refractivity contribution >= 4 is 0 Å². The summed E-state index contributed by atoms with van der Waals surface area (Å²) in [5.41, 5.74) is 1.29. The summed E-state index contributed by atoms with van der Waals surface area (Å²) in [6.45, 7) is 5.50. The van der Waals surface area contributed by atoms with Gasteiger partial charge >= 0.3 is 0 Å². The van der Waals surface area contributed by atoms with Crippen molar-refractivity contribution in [3.05, 3.63) is 11.9 Å². The first-order valence-electron chi connectivity index (χ1n) is 6.75. The van der Waals surface area contributed by atoms with Gasteiger partial charge in [-0.05, 0) is 12.8 Å². The molecule has 1 rings (SSSR count). The summed E-state index contributed by atoms with van der Waals surface area (Å²) in [6, 6.07) is 0. The molecular weight excluding hydrogens is 198 g/mol. The second-order valence-electron chi connectivity index (χ2n) is 4.47. The molecule has 0 saturated heterocycles. The Kier molecular flexibility index (Phi) is 6.86. The van der Waals surface area contributed by atoms with Gasteiger partial charge in [0.1, 0.15) is 0 Å². The molecule has 0 aliphatic rings. The minimum absolute atomic E-state index is 1.04. The van der Waals surface area contributed by atoms with E-state index in [4.69, 9.17) is 0 Å². The molecule has 1 aromatic rings. The number of hydrogen-bond donors (Lipinski definition) is 0. The van der Waals surface area contributed by atoms with E-state index in [1.807, 2.05) is 6.20 Å². The third kappa shape index (κ3) is 4.77. The first-order chi connectivity index (χ1) is 7.88. The molecular formula is C13H25N3. The van der Waals surface area contributed by atoms with Crippen LogP contribution in [0.2, 0.25) is 0 Å². The Morgan fingerprint density at radius 1 is 1.00 bits per heavy atom. The minimum atomic E-state index is 1.04. The highest BCUT2D eigenvalue weighted by molar-refractivity contribution is 4.93. The number of aryl methyl sites for hydroxylation is 2. The highest BCUT2D eigenvalue weighted by Crippen LogP contribution is 2.07. The standard InChI is InChI=1S/C13H25N3/c1-3-5-6-7-8-9-11-16-13(10-4-2)12-14-15-16/h12H,3-11H2,1-2H3. The van der Waals surface area contributed by atoms with Crippen LogP contribution in [0.15, 0.2) is 6.20 Å². The van der Waals surface area contributed by atoms with Crippen LogP contribution < -0.4 is 0 Å². The molecule has 3 heteroatoms. The SMILES string of the molecule is CCCCCCCCn1nncc1CCC. The topological polar surface area (TPSA) is 30.7 Å². The monoisotopic (exact) mass is 223 g/mol. The first-order valence-corrected chi connectivity index (χ1v) is 6.75. The lowest BCUT2D eigenvalue weighted by atomic mass is 10.1. The molecule has 0 fully saturated rings. The second kappa shape index (κ2) is 8.31. The van der Waals surface area contributed by atoms with Gasteiger partial charge in [-0.3, -0.25) is 0 Å². The molecule has 16 heavy (non-hydrogen) atoms. The smallest absolute Gasteiger partial charge is 0.0725 e. The third-order valence-corrected chi connectivity index (χ3v) is 2.93. The van der Waals surface area contributed by atoms with Gasteiger partial charge in [-0.25, -0.2) is 4.68 Å². The van der Waals surface area contributed by atoms with E-state index in [2.05, 4.69) is 28.8 Å². The molecule has 1 heterocycles. The Balaban J connectivity index is 2.13. The van der Waals surface area contributed by atoms with Crippen molar-refractivity contribution in [2.24, 2.45) is 0 Å². The molecule has 0 N–H and O–H groups in total. The fourth-order valence-electron chi connectivity index (χ4n) is 1.96. The maximum atomic E-state index is 4.14. The molecule has 0 radical (unpaired) electrons. The molecule has 0 aliphatic heterocycles. The molecule has 0 amide bonds. The first kappa shape index (κ1) is 13.2. The van der Waals surface area contributed by atoms with Crippen LogP contribution in [0, 0.1) is 0 Å². The summed E-state index contributed by atoms with van der Waals surface area (Å²) >= 11 is 0. The summed E-state index contributed by atoms with van der Waals surface area (Å²) in [5.74, 6) is 0. The van der Waals surface area contributed by atoms with E-state index in [1.165, 1.54) is 50.6 Å². The van der Waals surface area contributed by atoms with Gasteiger partial charge in [0, 0.05) is 6.54 Å². The molecule has 0 unspecified atom stereocenters. The van der Waals surface area contributed by atoms with Gasteiger partial charge in [-0.2, -0.15) is 0 Å². The van der Waals surface area contributed by atoms with E-state index in [0.717, 1.165) is 13.0 Å². The van der Waals surface area contributed by atoms with Gasteiger partial charge in [0.15, 0.2) is 0 Å². The summed E-state index contributed by atoms with van der Waals surface area (Å²) in [6.07, 6.45) is 12.2. The summed E-state index contributed by atoms with van der Waals surface area (Å²) in [5, 5.41) is 8.12. The molecule has 0 atom stereocenters. The predicted molar refractivity (Wildman–Crippen MR) is 67.4 cm³/mol. The molecule has 0 aromatic carbocycles. The predicted octanol–water partition coefficient (Wildman–Crippen LogP) is 3.59. The van der Waals surface area contributed by atoms with Crippen molar-refractivity contribution in [2.45, 2.75) is 71.8 Å². The average Bonchev–Trinajstić information content (AvgIpc) is 2.72. The summed E-state index contributed by atoms with van der Waals surface area (Å²) < 4.78 is 2.07. The van der Waals surface area contributed by atoms with Gasteiger partial charge in [-0.1, -0.05) is 57.6 Å². The van der Waals surface area contributed by atoms with Crippen LogP contribution in [0.5, 0.6) is 0 Å². The summed E-state index contributed by atoms with van der Waals surface area (Å²) in [4.78, 5) is 0. The summed E-state index contributed by atoms with van der Waals surface area (Å²) in [7, 11) is 0. The van der Waals surface area contributed by atoms with E-state index in [0.29, 0.717) is 0 Å². The number of nitrogens with zero attached hydrogens (tertiary/aromatic N) is 3. The van der Waals surface area contributed by atoms with E-state index in [9.17, 15) is 0 Å². The van der Waals surface area contributed by atoms with Crippen LogP contribution in [-0.4, -0.2) is 15.0 Å². The lowest BCUT2D eigenvalue weighted by Gasteiger charge is -2.05. The highest BCUT2D eigenvalue weighted by atomic mass is 15.4. The Morgan fingerprint density at radius 3 is 2.50 bits per heavy atom. The van der Waals surface area contributed by atoms with Crippen LogP contribution >= 0.6 is 0 Å². The fourth-order valence-corrected chi connectivity index (χ4v) is 1.96. The number of unbranched alkanes of at least 4 members (excludes halogenated alkanes) is 5. The molecule has 3 nitrogen and oxygen atoms in total. The van der Waals surface area contributed by atoms with Crippen LogP contribution in [-0.2, 0) is 13.0 Å². The lowest BCUT2D eigenvalue weighted by Crippen LogP contribution is -2.05. The van der Waals surface area contributed by atoms with Gasteiger partial charge in [0.2, 0.25) is 0 Å². The maximum Gasteiger partial charge on any atom is 0.0725 e. The minimum Gasteiger partial charge on any atom is -0.249 e. The molecule has 1 aromatic heterocycles. The Morgan fingerprint density at radius 2 is 1.75 bits per heavy atom. The fraction of sp³-hybridized carbons (Fsp3) is 0.846. The zero-order valence-corrected chi connectivity index (χ0v) is 10.8. The van der Waals surface area contributed by atoms with Crippen LogP contribution in [0.3, 0.4) is 0 Å². The maximum absolute atomic E-state index is 4.14. The second-order valence-corrected chi connectivity index (χ2v) is 4.47. The zero-order chi connectivity index (χ0) is 11.6. The lowest BCUT2D eigenvalue weighted by molar-refractivity contribution is 0.502. The van der Waals surface area contributed by atoms with Gasteiger partial charge < -0.3 is 0 Å². The molecule has 0 bridgehead atoms. The van der Waals surface area contributed by atoms with Crippen LogP contribution in [0.4, 0.5) is 0 Å². The van der Waals surface area contributed by atoms with Crippen molar-refractivity contribution < 1.29 is 0 Å². The third-order valence-electron chi connectivity index (χ3n) is 2.93. The molecule has 92 valence electrons. The van der Waals surface area contributed by atoms with Crippen molar-refractivity contribution in [1.82, 2.24) is 15.0 Å². The van der Waals surface area contributed by atoms with E-state index >= 15 is 0 Å². The van der Waals surface area contributed by atoms with Crippen molar-refractivity contribution in [1.29, 1.82) is 0 Å². The van der Waals surface area contributed by atoms with Crippen LogP contribution in [0.1, 0.15) is 64.5 Å². The zero-order valence-electron chi connectivity index (χ0n) is 10.8. The van der Waals surface area contributed by atoms with Crippen molar-refractivity contribution in [3.8, 4) is 0 Å². The Hall–Kier alpha value is -0.860. The van der Waals surface area contributed by atoms with E-state index in [-0.39, 0.29) is 0 Å². The molecule has 0 spiro atoms. The van der Waals surface area contributed by atoms with E-state index in [1.54, 1.807) is 0 Å². The van der Waals surface area contributed by atoms with Crippen LogP contribution in [0.25, 0.3) is 0 Å². The highest BCUT2D eigenvalue weighted by Gasteiger charge is 2.01. The number of aromatic nitrogens is 3. The Labute approximate surface area is 99.2 Å². The Bertz CT molecular complexity index is 268. The normalized spacial score (nSPS) is 10.9. The van der Waals surface area contributed by atoms with Crippen molar-refractivity contribution in [2.75, 3.05) is 0 Å².